The predicted octanol–water partition coefficient (Wildman–Crippen LogP) is 2.02. The van der Waals surface area contributed by atoms with Gasteiger partial charge in [-0.05, 0) is 37.8 Å². The predicted molar refractivity (Wildman–Crippen MR) is 82.7 cm³/mol. The van der Waals surface area contributed by atoms with Gasteiger partial charge in [-0.15, -0.1) is 0 Å². The zero-order chi connectivity index (χ0) is 15.4. The molecule has 1 saturated heterocycles. The topological polar surface area (TPSA) is 71.3 Å². The summed E-state index contributed by atoms with van der Waals surface area (Å²) in [6.07, 6.45) is 3.92. The summed E-state index contributed by atoms with van der Waals surface area (Å²) in [6.45, 7) is 4.40. The molecule has 0 aliphatic carbocycles. The molecule has 1 aliphatic rings. The fraction of sp³-hybridized carbons (Fsp3) is 0.438. The average molecular weight is 300 g/mol. The van der Waals surface area contributed by atoms with E-state index in [2.05, 4.69) is 20.4 Å². The van der Waals surface area contributed by atoms with Gasteiger partial charge in [-0.3, -0.25) is 4.79 Å². The first-order valence-electron chi connectivity index (χ1n) is 7.60. The van der Waals surface area contributed by atoms with Gasteiger partial charge in [0.1, 0.15) is 11.6 Å². The van der Waals surface area contributed by atoms with Crippen molar-refractivity contribution in [2.24, 2.45) is 5.92 Å². The number of carbonyl (C=O) groups is 1. The van der Waals surface area contributed by atoms with E-state index in [4.69, 9.17) is 4.52 Å². The first kappa shape index (κ1) is 14.6. The van der Waals surface area contributed by atoms with Crippen molar-refractivity contribution in [2.45, 2.75) is 19.8 Å². The molecule has 0 aromatic carbocycles. The summed E-state index contributed by atoms with van der Waals surface area (Å²) >= 11 is 0. The summed E-state index contributed by atoms with van der Waals surface area (Å²) < 4.78 is 4.92. The van der Waals surface area contributed by atoms with Crippen LogP contribution in [0.1, 0.15) is 29.1 Å². The van der Waals surface area contributed by atoms with Crippen LogP contribution in [0, 0.1) is 12.8 Å². The molecule has 116 valence electrons. The molecule has 0 saturated carbocycles. The van der Waals surface area contributed by atoms with Crippen molar-refractivity contribution in [3.05, 3.63) is 41.9 Å². The number of piperidine rings is 1. The zero-order valence-electron chi connectivity index (χ0n) is 12.7. The SMILES string of the molecule is Cc1cc(C(=O)NCC2CCN(c3ccccn3)CC2)no1. The highest BCUT2D eigenvalue weighted by molar-refractivity contribution is 5.92. The van der Waals surface area contributed by atoms with Crippen LogP contribution in [0.15, 0.2) is 35.0 Å². The van der Waals surface area contributed by atoms with Crippen LogP contribution in [0.25, 0.3) is 0 Å². The minimum absolute atomic E-state index is 0.163. The fourth-order valence-electron chi connectivity index (χ4n) is 2.71. The van der Waals surface area contributed by atoms with Gasteiger partial charge >= 0.3 is 0 Å². The number of aryl methyl sites for hydroxylation is 1. The van der Waals surface area contributed by atoms with Crippen molar-refractivity contribution < 1.29 is 9.32 Å². The van der Waals surface area contributed by atoms with Gasteiger partial charge < -0.3 is 14.7 Å². The third kappa shape index (κ3) is 3.44. The lowest BCUT2D eigenvalue weighted by Crippen LogP contribution is -2.39. The molecule has 3 heterocycles. The summed E-state index contributed by atoms with van der Waals surface area (Å²) in [7, 11) is 0. The van der Waals surface area contributed by atoms with E-state index in [-0.39, 0.29) is 5.91 Å². The minimum Gasteiger partial charge on any atom is -0.361 e. The lowest BCUT2D eigenvalue weighted by Gasteiger charge is -2.32. The van der Waals surface area contributed by atoms with E-state index in [9.17, 15) is 4.79 Å². The Morgan fingerprint density at radius 2 is 2.23 bits per heavy atom. The van der Waals surface area contributed by atoms with Gasteiger partial charge in [-0.1, -0.05) is 11.2 Å². The normalized spacial score (nSPS) is 15.8. The van der Waals surface area contributed by atoms with Gasteiger partial charge in [0, 0.05) is 31.9 Å². The lowest BCUT2D eigenvalue weighted by molar-refractivity contribution is 0.0936. The molecule has 0 unspecified atom stereocenters. The molecule has 0 atom stereocenters. The van der Waals surface area contributed by atoms with Crippen LogP contribution in [0.2, 0.25) is 0 Å². The number of carbonyl (C=O) groups excluding carboxylic acids is 1. The van der Waals surface area contributed by atoms with E-state index in [1.165, 1.54) is 0 Å². The van der Waals surface area contributed by atoms with Gasteiger partial charge in [-0.25, -0.2) is 4.98 Å². The first-order chi connectivity index (χ1) is 10.7. The number of nitrogens with one attached hydrogen (secondary N) is 1. The van der Waals surface area contributed by atoms with E-state index in [0.717, 1.165) is 31.7 Å². The largest absolute Gasteiger partial charge is 0.361 e. The number of pyridine rings is 1. The molecule has 1 amide bonds. The second-order valence-corrected chi connectivity index (χ2v) is 5.65. The number of aromatic nitrogens is 2. The monoisotopic (exact) mass is 300 g/mol. The Labute approximate surface area is 129 Å². The van der Waals surface area contributed by atoms with Crippen molar-refractivity contribution in [1.29, 1.82) is 0 Å². The van der Waals surface area contributed by atoms with E-state index >= 15 is 0 Å². The van der Waals surface area contributed by atoms with Crippen LogP contribution >= 0.6 is 0 Å². The smallest absolute Gasteiger partial charge is 0.273 e. The first-order valence-corrected chi connectivity index (χ1v) is 7.60. The van der Waals surface area contributed by atoms with Crippen LogP contribution < -0.4 is 10.2 Å². The van der Waals surface area contributed by atoms with Crippen molar-refractivity contribution in [1.82, 2.24) is 15.5 Å². The van der Waals surface area contributed by atoms with Crippen LogP contribution in [-0.4, -0.2) is 35.7 Å². The third-order valence-corrected chi connectivity index (χ3v) is 4.00. The molecule has 0 bridgehead atoms. The summed E-state index contributed by atoms with van der Waals surface area (Å²) in [6, 6.07) is 7.62. The highest BCUT2D eigenvalue weighted by atomic mass is 16.5. The molecule has 1 N–H and O–H groups in total. The summed E-state index contributed by atoms with van der Waals surface area (Å²) in [5, 5.41) is 6.67. The number of amides is 1. The molecule has 2 aromatic rings. The number of hydrogen-bond acceptors (Lipinski definition) is 5. The summed E-state index contributed by atoms with van der Waals surface area (Å²) in [4.78, 5) is 18.6. The molecule has 1 aliphatic heterocycles. The van der Waals surface area contributed by atoms with Crippen molar-refractivity contribution in [2.75, 3.05) is 24.5 Å². The molecular formula is C16H20N4O2. The molecular weight excluding hydrogens is 280 g/mol. The maximum absolute atomic E-state index is 11.9. The molecule has 6 heteroatoms. The molecule has 3 rings (SSSR count). The minimum atomic E-state index is -0.163. The molecule has 22 heavy (non-hydrogen) atoms. The standard InChI is InChI=1S/C16H20N4O2/c1-12-10-14(19-22-12)16(21)18-11-13-5-8-20(9-6-13)15-4-2-3-7-17-15/h2-4,7,10,13H,5-6,8-9,11H2,1H3,(H,18,21). The molecule has 0 spiro atoms. The van der Waals surface area contributed by atoms with Gasteiger partial charge in [0.2, 0.25) is 0 Å². The molecule has 2 aromatic heterocycles. The van der Waals surface area contributed by atoms with E-state index < -0.39 is 0 Å². The zero-order valence-corrected chi connectivity index (χ0v) is 12.7. The fourth-order valence-corrected chi connectivity index (χ4v) is 2.71. The highest BCUT2D eigenvalue weighted by Crippen LogP contribution is 2.21. The van der Waals surface area contributed by atoms with Crippen molar-refractivity contribution in [3.63, 3.8) is 0 Å². The summed E-state index contributed by atoms with van der Waals surface area (Å²) in [5.41, 5.74) is 0.350. The Hall–Kier alpha value is -2.37. The Morgan fingerprint density at radius 1 is 1.41 bits per heavy atom. The maximum atomic E-state index is 11.9. The maximum Gasteiger partial charge on any atom is 0.273 e. The Bertz CT molecular complexity index is 618. The van der Waals surface area contributed by atoms with Gasteiger partial charge in [0.25, 0.3) is 5.91 Å². The van der Waals surface area contributed by atoms with E-state index in [0.29, 0.717) is 23.9 Å². The van der Waals surface area contributed by atoms with Crippen LogP contribution in [0.3, 0.4) is 0 Å². The highest BCUT2D eigenvalue weighted by Gasteiger charge is 2.21. The van der Waals surface area contributed by atoms with Gasteiger partial charge in [0.05, 0.1) is 0 Å². The molecule has 0 radical (unpaired) electrons. The second kappa shape index (κ2) is 6.60. The molecule has 1 fully saturated rings. The quantitative estimate of drug-likeness (QED) is 0.935. The second-order valence-electron chi connectivity index (χ2n) is 5.65. The van der Waals surface area contributed by atoms with E-state index in [1.807, 2.05) is 24.4 Å². The number of hydrogen-bond donors (Lipinski definition) is 1. The number of rotatable bonds is 4. The average Bonchev–Trinajstić information content (AvgIpc) is 3.00. The van der Waals surface area contributed by atoms with Crippen LogP contribution in [-0.2, 0) is 0 Å². The Kier molecular flexibility index (Phi) is 4.37. The molecule has 6 nitrogen and oxygen atoms in total. The van der Waals surface area contributed by atoms with Gasteiger partial charge in [-0.2, -0.15) is 0 Å². The van der Waals surface area contributed by atoms with E-state index in [1.54, 1.807) is 13.0 Å². The number of nitrogens with zero attached hydrogens (tertiary/aromatic N) is 3. The van der Waals surface area contributed by atoms with Crippen molar-refractivity contribution >= 4 is 11.7 Å². The number of anilines is 1. The third-order valence-electron chi connectivity index (χ3n) is 4.00. The Balaban J connectivity index is 1.45. The van der Waals surface area contributed by atoms with Crippen LogP contribution in [0.5, 0.6) is 0 Å². The van der Waals surface area contributed by atoms with Crippen molar-refractivity contribution in [3.8, 4) is 0 Å². The summed E-state index contributed by atoms with van der Waals surface area (Å²) in [5.74, 6) is 2.01. The lowest BCUT2D eigenvalue weighted by atomic mass is 9.96. The van der Waals surface area contributed by atoms with Crippen LogP contribution in [0.4, 0.5) is 5.82 Å². The Morgan fingerprint density at radius 3 is 2.86 bits per heavy atom. The van der Waals surface area contributed by atoms with Gasteiger partial charge in [0.15, 0.2) is 5.69 Å².